The van der Waals surface area contributed by atoms with Crippen molar-refractivity contribution in [2.75, 3.05) is 0 Å². The van der Waals surface area contributed by atoms with Crippen molar-refractivity contribution in [1.29, 1.82) is 0 Å². The minimum Gasteiger partial charge on any atom is -0.340 e. The fraction of sp³-hybridized carbons (Fsp3) is 0.250. The standard InChI is InChI=1S/C27H24.C21H23N2.Ir/c1-18(2)20-12-13-21(16-20)22-14-15-25-26(17-22)23-10-6-7-11-24(23)27(25)19-8-4-3-5-9-19;1-15(2)18-11-8-12-19(16(3)4)20(18)23-14-13-22-21(23)17-9-6-5-7-10-17;/h3-13,15-18,20-21,27H,1-2H3;5-9,11-16H,1-4H3;/q-2;-1;+3. The van der Waals surface area contributed by atoms with Gasteiger partial charge < -0.3 is 11.0 Å². The first-order valence-corrected chi connectivity index (χ1v) is 18.2. The number of hydrogen-bond acceptors (Lipinski definition) is 1. The Kier molecular flexibility index (Phi) is 11.4. The van der Waals surface area contributed by atoms with Crippen LogP contribution in [0.2, 0.25) is 0 Å². The first-order valence-electron chi connectivity index (χ1n) is 18.2. The molecule has 0 N–H and O–H groups in total. The van der Waals surface area contributed by atoms with E-state index in [0.29, 0.717) is 35.5 Å². The number of rotatable bonds is 7. The van der Waals surface area contributed by atoms with Crippen molar-refractivity contribution in [3.63, 3.8) is 0 Å². The van der Waals surface area contributed by atoms with Gasteiger partial charge >= 0.3 is 20.1 Å². The summed E-state index contributed by atoms with van der Waals surface area (Å²) < 4.78 is 2.22. The zero-order chi connectivity index (χ0) is 34.8. The van der Waals surface area contributed by atoms with E-state index in [1.807, 2.05) is 24.4 Å². The SMILES string of the molecule is CC(C)C1C=CC(c2[c-]cc3c(c2)-c2ccccc2C3c2ccccc2)[CH-]1.CC(C)c1cccc(C(C)C)c1-n1ccnc1-c1[c-]cccc1.[Ir+3]. The summed E-state index contributed by atoms with van der Waals surface area (Å²) >= 11 is 0. The van der Waals surface area contributed by atoms with Crippen LogP contribution < -0.4 is 0 Å². The summed E-state index contributed by atoms with van der Waals surface area (Å²) in [4.78, 5) is 4.60. The van der Waals surface area contributed by atoms with Gasteiger partial charge in [-0.3, -0.25) is 4.98 Å². The van der Waals surface area contributed by atoms with Crippen LogP contribution in [0, 0.1) is 30.4 Å². The van der Waals surface area contributed by atoms with Gasteiger partial charge in [0.05, 0.1) is 5.82 Å². The molecule has 3 unspecified atom stereocenters. The first-order chi connectivity index (χ1) is 24.3. The monoisotopic (exact) mass is 844 g/mol. The molecule has 0 saturated heterocycles. The largest absolute Gasteiger partial charge is 3.00 e. The van der Waals surface area contributed by atoms with Crippen molar-refractivity contribution >= 4 is 0 Å². The minimum absolute atomic E-state index is 0. The van der Waals surface area contributed by atoms with E-state index in [4.69, 9.17) is 0 Å². The summed E-state index contributed by atoms with van der Waals surface area (Å²) in [6.45, 7) is 13.6. The summed E-state index contributed by atoms with van der Waals surface area (Å²) in [6.07, 6.45) is 11.1. The van der Waals surface area contributed by atoms with Crippen LogP contribution in [0.3, 0.4) is 0 Å². The number of para-hydroxylation sites is 1. The van der Waals surface area contributed by atoms with E-state index in [-0.39, 0.29) is 20.1 Å². The third kappa shape index (κ3) is 7.39. The molecule has 0 aliphatic heterocycles. The van der Waals surface area contributed by atoms with Gasteiger partial charge in [-0.05, 0) is 45.6 Å². The van der Waals surface area contributed by atoms with Gasteiger partial charge in [0.1, 0.15) is 0 Å². The van der Waals surface area contributed by atoms with Crippen molar-refractivity contribution in [1.82, 2.24) is 9.55 Å². The Balaban J connectivity index is 0.000000175. The second-order valence-electron chi connectivity index (χ2n) is 14.6. The zero-order valence-corrected chi connectivity index (χ0v) is 32.9. The molecule has 0 saturated carbocycles. The van der Waals surface area contributed by atoms with Crippen molar-refractivity contribution < 1.29 is 20.1 Å². The van der Waals surface area contributed by atoms with Crippen LogP contribution >= 0.6 is 0 Å². The van der Waals surface area contributed by atoms with E-state index < -0.39 is 0 Å². The third-order valence-electron chi connectivity index (χ3n) is 10.3. The molecule has 8 rings (SSSR count). The maximum atomic E-state index is 4.60. The first kappa shape index (κ1) is 36.5. The van der Waals surface area contributed by atoms with Crippen LogP contribution in [0.5, 0.6) is 0 Å². The molecule has 2 nitrogen and oxygen atoms in total. The Morgan fingerprint density at radius 2 is 1.41 bits per heavy atom. The van der Waals surface area contributed by atoms with E-state index in [0.717, 1.165) is 11.4 Å². The molecule has 3 heteroatoms. The third-order valence-corrected chi connectivity index (χ3v) is 10.3. The molecule has 6 aromatic rings. The van der Waals surface area contributed by atoms with E-state index in [9.17, 15) is 0 Å². The van der Waals surface area contributed by atoms with E-state index in [1.165, 1.54) is 50.2 Å². The van der Waals surface area contributed by atoms with Gasteiger partial charge in [-0.15, -0.1) is 71.0 Å². The number of nitrogens with zero attached hydrogens (tertiary/aromatic N) is 2. The van der Waals surface area contributed by atoms with Gasteiger partial charge in [0, 0.05) is 18.1 Å². The molecule has 0 spiro atoms. The number of hydrogen-bond donors (Lipinski definition) is 0. The topological polar surface area (TPSA) is 17.8 Å². The Labute approximate surface area is 319 Å². The van der Waals surface area contributed by atoms with Crippen LogP contribution in [-0.4, -0.2) is 9.55 Å². The summed E-state index contributed by atoms with van der Waals surface area (Å²) in [6, 6.07) is 45.9. The normalized spacial score (nSPS) is 17.2. The Bertz CT molecular complexity index is 2060. The van der Waals surface area contributed by atoms with Crippen molar-refractivity contribution in [3.05, 3.63) is 186 Å². The molecular weight excluding hydrogens is 797 g/mol. The molecule has 5 aromatic carbocycles. The van der Waals surface area contributed by atoms with Gasteiger partial charge in [-0.1, -0.05) is 120 Å². The van der Waals surface area contributed by atoms with Crippen LogP contribution in [-0.2, 0) is 20.1 Å². The second kappa shape index (κ2) is 15.9. The maximum absolute atomic E-state index is 4.60. The molecule has 258 valence electrons. The smallest absolute Gasteiger partial charge is 0.340 e. The average molecular weight is 844 g/mol. The number of imidazole rings is 1. The van der Waals surface area contributed by atoms with E-state index in [2.05, 4.69) is 179 Å². The predicted octanol–water partition coefficient (Wildman–Crippen LogP) is 12.4. The van der Waals surface area contributed by atoms with Gasteiger partial charge in [-0.2, -0.15) is 23.8 Å². The number of allylic oxidation sites excluding steroid dienone is 2. The second-order valence-corrected chi connectivity index (χ2v) is 14.6. The molecule has 2 aliphatic carbocycles. The fourth-order valence-electron chi connectivity index (χ4n) is 7.62. The Hall–Kier alpha value is -4.30. The van der Waals surface area contributed by atoms with Gasteiger partial charge in [0.25, 0.3) is 0 Å². The van der Waals surface area contributed by atoms with Gasteiger partial charge in [0.15, 0.2) is 0 Å². The molecule has 0 fully saturated rings. The molecule has 0 radical (unpaired) electrons. The number of fused-ring (bicyclic) bond motifs is 3. The summed E-state index contributed by atoms with van der Waals surface area (Å²) in [5.41, 5.74) is 13.2. The summed E-state index contributed by atoms with van der Waals surface area (Å²) in [7, 11) is 0. The van der Waals surface area contributed by atoms with E-state index in [1.54, 1.807) is 0 Å². The Morgan fingerprint density at radius 1 is 0.706 bits per heavy atom. The molecule has 0 bridgehead atoms. The van der Waals surface area contributed by atoms with Crippen LogP contribution in [0.15, 0.2) is 134 Å². The summed E-state index contributed by atoms with van der Waals surface area (Å²) in [5, 5.41) is 0. The van der Waals surface area contributed by atoms with Crippen LogP contribution in [0.4, 0.5) is 0 Å². The van der Waals surface area contributed by atoms with Gasteiger partial charge in [0.2, 0.25) is 0 Å². The minimum atomic E-state index is 0. The molecule has 1 aromatic heterocycles. The fourth-order valence-corrected chi connectivity index (χ4v) is 7.62. The van der Waals surface area contributed by atoms with Crippen molar-refractivity contribution in [2.45, 2.75) is 65.2 Å². The molecular formula is C48H47IrN2. The molecule has 1 heterocycles. The van der Waals surface area contributed by atoms with E-state index >= 15 is 0 Å². The zero-order valence-electron chi connectivity index (χ0n) is 30.5. The predicted molar refractivity (Wildman–Crippen MR) is 209 cm³/mol. The average Bonchev–Trinajstić information content (AvgIpc) is 3.90. The number of benzene rings is 5. The molecule has 3 atom stereocenters. The van der Waals surface area contributed by atoms with Crippen LogP contribution in [0.25, 0.3) is 28.2 Å². The quantitative estimate of drug-likeness (QED) is 0.115. The summed E-state index contributed by atoms with van der Waals surface area (Å²) in [5.74, 6) is 3.78. The molecule has 2 aliphatic rings. The van der Waals surface area contributed by atoms with Crippen molar-refractivity contribution in [3.8, 4) is 28.2 Å². The maximum Gasteiger partial charge on any atom is 3.00 e. The molecule has 0 amide bonds. The number of aromatic nitrogens is 2. The van der Waals surface area contributed by atoms with Crippen molar-refractivity contribution in [2.24, 2.45) is 11.8 Å². The van der Waals surface area contributed by atoms with Gasteiger partial charge in [-0.25, -0.2) is 0 Å². The Morgan fingerprint density at radius 3 is 2.08 bits per heavy atom. The molecule has 51 heavy (non-hydrogen) atoms. The van der Waals surface area contributed by atoms with Crippen LogP contribution in [0.1, 0.15) is 98.6 Å².